The molecule has 1 saturated heterocycles. The SMILES string of the molecule is Cc1cc(C)nc(N2C(=O)CC(c3ccccc3)(c3ccccc3)C2=O)c1. The first-order valence-electron chi connectivity index (χ1n) is 8.96. The Balaban J connectivity index is 1.91. The van der Waals surface area contributed by atoms with Crippen LogP contribution in [0.5, 0.6) is 0 Å². The van der Waals surface area contributed by atoms with Gasteiger partial charge in [0.2, 0.25) is 5.91 Å². The number of pyridine rings is 1. The highest BCUT2D eigenvalue weighted by atomic mass is 16.2. The highest BCUT2D eigenvalue weighted by Crippen LogP contribution is 2.43. The lowest BCUT2D eigenvalue weighted by Crippen LogP contribution is -2.40. The van der Waals surface area contributed by atoms with Crippen molar-refractivity contribution >= 4 is 17.6 Å². The van der Waals surface area contributed by atoms with Gasteiger partial charge in [-0.2, -0.15) is 0 Å². The molecule has 1 aliphatic rings. The molecule has 3 aromatic rings. The molecule has 2 amide bonds. The first-order chi connectivity index (χ1) is 13.0. The summed E-state index contributed by atoms with van der Waals surface area (Å²) in [6, 6.07) is 22.8. The summed E-state index contributed by atoms with van der Waals surface area (Å²) in [7, 11) is 0. The molecule has 0 N–H and O–H groups in total. The fourth-order valence-corrected chi connectivity index (χ4v) is 3.92. The van der Waals surface area contributed by atoms with E-state index in [1.165, 1.54) is 4.90 Å². The van der Waals surface area contributed by atoms with Crippen molar-refractivity contribution in [3.05, 3.63) is 95.2 Å². The highest BCUT2D eigenvalue weighted by Gasteiger charge is 2.54. The zero-order chi connectivity index (χ0) is 19.0. The summed E-state index contributed by atoms with van der Waals surface area (Å²) in [5, 5.41) is 0. The summed E-state index contributed by atoms with van der Waals surface area (Å²) in [6.45, 7) is 3.80. The van der Waals surface area contributed by atoms with Crippen molar-refractivity contribution in [2.24, 2.45) is 0 Å². The van der Waals surface area contributed by atoms with Crippen LogP contribution in [0.4, 0.5) is 5.82 Å². The predicted octanol–water partition coefficient (Wildman–Crippen LogP) is 3.95. The van der Waals surface area contributed by atoms with Crippen LogP contribution in [0, 0.1) is 13.8 Å². The van der Waals surface area contributed by atoms with Crippen molar-refractivity contribution in [3.63, 3.8) is 0 Å². The predicted molar refractivity (Wildman–Crippen MR) is 104 cm³/mol. The van der Waals surface area contributed by atoms with Gasteiger partial charge in [-0.1, -0.05) is 60.7 Å². The van der Waals surface area contributed by atoms with E-state index >= 15 is 0 Å². The van der Waals surface area contributed by atoms with Crippen molar-refractivity contribution in [1.29, 1.82) is 0 Å². The molecule has 0 spiro atoms. The maximum absolute atomic E-state index is 13.7. The zero-order valence-corrected chi connectivity index (χ0v) is 15.3. The Labute approximate surface area is 158 Å². The largest absolute Gasteiger partial charge is 0.274 e. The molecule has 4 nitrogen and oxygen atoms in total. The van der Waals surface area contributed by atoms with Crippen molar-refractivity contribution in [3.8, 4) is 0 Å². The summed E-state index contributed by atoms with van der Waals surface area (Å²) in [5.74, 6) is -0.0798. The first kappa shape index (κ1) is 17.2. The van der Waals surface area contributed by atoms with Crippen LogP contribution < -0.4 is 4.90 Å². The Hall–Kier alpha value is -3.27. The Bertz CT molecular complexity index is 953. The third-order valence-corrected chi connectivity index (χ3v) is 5.08. The van der Waals surface area contributed by atoms with Gasteiger partial charge >= 0.3 is 0 Å². The number of imide groups is 1. The highest BCUT2D eigenvalue weighted by molar-refractivity contribution is 6.25. The topological polar surface area (TPSA) is 50.3 Å². The molecule has 1 fully saturated rings. The van der Waals surface area contributed by atoms with E-state index in [1.54, 1.807) is 6.07 Å². The van der Waals surface area contributed by atoms with Crippen LogP contribution in [-0.2, 0) is 15.0 Å². The molecule has 0 bridgehead atoms. The summed E-state index contributed by atoms with van der Waals surface area (Å²) >= 11 is 0. The molecule has 27 heavy (non-hydrogen) atoms. The van der Waals surface area contributed by atoms with Crippen molar-refractivity contribution < 1.29 is 9.59 Å². The molecule has 4 rings (SSSR count). The van der Waals surface area contributed by atoms with E-state index in [2.05, 4.69) is 4.98 Å². The zero-order valence-electron chi connectivity index (χ0n) is 15.3. The number of hydrogen-bond donors (Lipinski definition) is 0. The molecular weight excluding hydrogens is 336 g/mol. The van der Waals surface area contributed by atoms with Gasteiger partial charge < -0.3 is 0 Å². The van der Waals surface area contributed by atoms with E-state index < -0.39 is 5.41 Å². The number of benzene rings is 2. The Morgan fingerprint density at radius 3 is 1.93 bits per heavy atom. The molecule has 4 heteroatoms. The normalized spacial score (nSPS) is 16.0. The molecule has 0 aliphatic carbocycles. The first-order valence-corrected chi connectivity index (χ1v) is 8.96. The number of rotatable bonds is 3. The molecule has 134 valence electrons. The standard InChI is InChI=1S/C23H20N2O2/c1-16-13-17(2)24-20(14-16)25-21(26)15-23(22(25)27,18-9-5-3-6-10-18)19-11-7-4-8-12-19/h3-14H,15H2,1-2H3. The van der Waals surface area contributed by atoms with Gasteiger partial charge in [0.05, 0.1) is 6.42 Å². The average molecular weight is 356 g/mol. The van der Waals surface area contributed by atoms with E-state index in [1.807, 2.05) is 80.6 Å². The maximum atomic E-state index is 13.7. The number of anilines is 1. The van der Waals surface area contributed by atoms with Crippen LogP contribution in [-0.4, -0.2) is 16.8 Å². The van der Waals surface area contributed by atoms with Gasteiger partial charge in [-0.15, -0.1) is 0 Å². The summed E-state index contributed by atoms with van der Waals surface area (Å²) in [6.07, 6.45) is 0.0918. The second-order valence-corrected chi connectivity index (χ2v) is 6.99. The van der Waals surface area contributed by atoms with Crippen LogP contribution in [0.1, 0.15) is 28.8 Å². The molecule has 0 atom stereocenters. The van der Waals surface area contributed by atoms with Crippen LogP contribution in [0.2, 0.25) is 0 Å². The second kappa shape index (κ2) is 6.47. The second-order valence-electron chi connectivity index (χ2n) is 6.99. The van der Waals surface area contributed by atoms with Crippen LogP contribution >= 0.6 is 0 Å². The van der Waals surface area contributed by atoms with E-state index in [4.69, 9.17) is 0 Å². The smallest absolute Gasteiger partial charge is 0.250 e. The molecule has 2 aromatic carbocycles. The summed E-state index contributed by atoms with van der Waals surface area (Å²) in [4.78, 5) is 32.5. The van der Waals surface area contributed by atoms with Crippen LogP contribution in [0.15, 0.2) is 72.8 Å². The number of amides is 2. The van der Waals surface area contributed by atoms with E-state index in [0.717, 1.165) is 22.4 Å². The van der Waals surface area contributed by atoms with Gasteiger partial charge in [0.1, 0.15) is 11.2 Å². The number of hydrogen-bond acceptors (Lipinski definition) is 3. The third-order valence-electron chi connectivity index (χ3n) is 5.08. The Morgan fingerprint density at radius 1 is 0.852 bits per heavy atom. The number of carbonyl (C=O) groups is 2. The average Bonchev–Trinajstić information content (AvgIpc) is 2.94. The number of carbonyl (C=O) groups excluding carboxylic acids is 2. The molecule has 0 radical (unpaired) electrons. The lowest BCUT2D eigenvalue weighted by atomic mass is 9.73. The number of aryl methyl sites for hydroxylation is 2. The molecule has 0 unspecified atom stereocenters. The fraction of sp³-hybridized carbons (Fsp3) is 0.174. The van der Waals surface area contributed by atoms with Crippen LogP contribution in [0.25, 0.3) is 0 Å². The lowest BCUT2D eigenvalue weighted by Gasteiger charge is -2.28. The number of aromatic nitrogens is 1. The molecule has 2 heterocycles. The summed E-state index contributed by atoms with van der Waals surface area (Å²) < 4.78 is 0. The molecule has 1 aromatic heterocycles. The van der Waals surface area contributed by atoms with Gasteiger partial charge in [-0.25, -0.2) is 9.88 Å². The van der Waals surface area contributed by atoms with Crippen molar-refractivity contribution in [2.45, 2.75) is 25.7 Å². The van der Waals surface area contributed by atoms with Gasteiger partial charge in [0.25, 0.3) is 5.91 Å². The summed E-state index contributed by atoms with van der Waals surface area (Å²) in [5.41, 5.74) is 2.36. The minimum Gasteiger partial charge on any atom is -0.274 e. The Morgan fingerprint density at radius 2 is 1.41 bits per heavy atom. The minimum absolute atomic E-state index is 0.0918. The molecule has 0 saturated carbocycles. The lowest BCUT2D eigenvalue weighted by molar-refractivity contribution is -0.122. The Kier molecular flexibility index (Phi) is 4.11. The van der Waals surface area contributed by atoms with Crippen LogP contribution in [0.3, 0.4) is 0 Å². The quantitative estimate of drug-likeness (QED) is 0.668. The van der Waals surface area contributed by atoms with E-state index in [9.17, 15) is 9.59 Å². The number of nitrogens with zero attached hydrogens (tertiary/aromatic N) is 2. The van der Waals surface area contributed by atoms with E-state index in [-0.39, 0.29) is 18.2 Å². The maximum Gasteiger partial charge on any atom is 0.250 e. The van der Waals surface area contributed by atoms with Crippen molar-refractivity contribution in [2.75, 3.05) is 4.90 Å². The minimum atomic E-state index is -1.03. The van der Waals surface area contributed by atoms with Gasteiger partial charge in [0, 0.05) is 5.69 Å². The third kappa shape index (κ3) is 2.74. The molecular formula is C23H20N2O2. The molecule has 1 aliphatic heterocycles. The van der Waals surface area contributed by atoms with Gasteiger partial charge in [-0.05, 0) is 42.7 Å². The van der Waals surface area contributed by atoms with Crippen molar-refractivity contribution in [1.82, 2.24) is 4.98 Å². The van der Waals surface area contributed by atoms with Gasteiger partial charge in [0.15, 0.2) is 0 Å². The van der Waals surface area contributed by atoms with E-state index in [0.29, 0.717) is 5.82 Å². The van der Waals surface area contributed by atoms with Gasteiger partial charge in [-0.3, -0.25) is 9.59 Å². The monoisotopic (exact) mass is 356 g/mol. The fourth-order valence-electron chi connectivity index (χ4n) is 3.92.